The van der Waals surface area contributed by atoms with Gasteiger partial charge in [0.05, 0.1) is 5.56 Å². The van der Waals surface area contributed by atoms with Crippen LogP contribution in [0.1, 0.15) is 27.8 Å². The topological polar surface area (TPSA) is 83.8 Å². The molecule has 148 valence electrons. The van der Waals surface area contributed by atoms with E-state index in [1.165, 1.54) is 5.01 Å². The highest BCUT2D eigenvalue weighted by Gasteiger charge is 2.36. The monoisotopic (exact) mass is 455 g/mol. The first-order valence-corrected chi connectivity index (χ1v) is 9.74. The number of ether oxygens (including phenoxy) is 1. The van der Waals surface area contributed by atoms with E-state index in [0.717, 1.165) is 5.56 Å². The Morgan fingerprint density at radius 1 is 1.17 bits per heavy atom. The minimum Gasteiger partial charge on any atom is -0.484 e. The molecule has 1 aliphatic rings. The first-order valence-electron chi connectivity index (χ1n) is 8.94. The molecule has 0 saturated carbocycles. The van der Waals surface area contributed by atoms with E-state index in [1.807, 2.05) is 25.1 Å². The first kappa shape index (κ1) is 19.1. The van der Waals surface area contributed by atoms with Crippen molar-refractivity contribution in [3.05, 3.63) is 82.2 Å². The van der Waals surface area contributed by atoms with Gasteiger partial charge >= 0.3 is 0 Å². The molecule has 0 radical (unpaired) electrons. The summed E-state index contributed by atoms with van der Waals surface area (Å²) in [6.07, 6.45) is -0.702. The van der Waals surface area contributed by atoms with E-state index in [2.05, 4.69) is 26.7 Å². The molecule has 3 aromatic rings. The van der Waals surface area contributed by atoms with Crippen LogP contribution in [0.5, 0.6) is 5.75 Å². The average molecular weight is 456 g/mol. The summed E-state index contributed by atoms with van der Waals surface area (Å²) in [6, 6.07) is 17.9. The molecule has 0 fully saturated rings. The number of anilines is 1. The molecule has 1 aromatic heterocycles. The van der Waals surface area contributed by atoms with Crippen molar-refractivity contribution >= 4 is 33.4 Å². The number of nitrogens with zero attached hydrogens (tertiary/aromatic N) is 1. The van der Waals surface area contributed by atoms with E-state index >= 15 is 0 Å². The van der Waals surface area contributed by atoms with Gasteiger partial charge in [-0.15, -0.1) is 0 Å². The molecule has 29 heavy (non-hydrogen) atoms. The highest BCUT2D eigenvalue weighted by molar-refractivity contribution is 9.10. The molecule has 0 aliphatic carbocycles. The van der Waals surface area contributed by atoms with E-state index in [0.29, 0.717) is 27.4 Å². The van der Waals surface area contributed by atoms with Gasteiger partial charge in [0.25, 0.3) is 11.8 Å². The number of carbonyl (C=O) groups excluding carboxylic acids is 2. The van der Waals surface area contributed by atoms with Crippen molar-refractivity contribution in [2.75, 3.05) is 11.9 Å². The summed E-state index contributed by atoms with van der Waals surface area (Å²) >= 11 is 3.27. The van der Waals surface area contributed by atoms with Crippen molar-refractivity contribution in [3.8, 4) is 5.75 Å². The number of halogens is 1. The molecular weight excluding hydrogens is 438 g/mol. The molecule has 2 aromatic carbocycles. The van der Waals surface area contributed by atoms with Crippen LogP contribution in [-0.4, -0.2) is 23.4 Å². The molecule has 8 heteroatoms. The lowest BCUT2D eigenvalue weighted by Crippen LogP contribution is -2.53. The summed E-state index contributed by atoms with van der Waals surface area (Å²) in [5, 5.41) is 4.44. The summed E-state index contributed by atoms with van der Waals surface area (Å²) in [5.74, 6) is 0.237. The van der Waals surface area contributed by atoms with Crippen molar-refractivity contribution in [1.29, 1.82) is 0 Å². The fraction of sp³-hybridized carbons (Fsp3) is 0.143. The van der Waals surface area contributed by atoms with Crippen molar-refractivity contribution in [3.63, 3.8) is 0 Å². The smallest absolute Gasteiger partial charge is 0.276 e. The van der Waals surface area contributed by atoms with Gasteiger partial charge in [-0.25, -0.2) is 5.01 Å². The molecule has 2 amide bonds. The van der Waals surface area contributed by atoms with Gasteiger partial charge in [-0.1, -0.05) is 29.8 Å². The number of amides is 2. The van der Waals surface area contributed by atoms with Crippen LogP contribution in [0.15, 0.2) is 69.8 Å². The van der Waals surface area contributed by atoms with Crippen molar-refractivity contribution < 1.29 is 18.7 Å². The Kier molecular flexibility index (Phi) is 5.26. The number of fused-ring (bicyclic) bond motifs is 1. The number of furan rings is 1. The van der Waals surface area contributed by atoms with Crippen LogP contribution in [-0.2, 0) is 4.79 Å². The lowest BCUT2D eigenvalue weighted by atomic mass is 10.1. The van der Waals surface area contributed by atoms with Crippen molar-refractivity contribution in [1.82, 2.24) is 10.4 Å². The van der Waals surface area contributed by atoms with Gasteiger partial charge in [-0.3, -0.25) is 15.0 Å². The molecule has 1 atom stereocenters. The third kappa shape index (κ3) is 4.12. The maximum Gasteiger partial charge on any atom is 0.276 e. The molecule has 4 rings (SSSR count). The second-order valence-corrected chi connectivity index (χ2v) is 7.33. The van der Waals surface area contributed by atoms with E-state index in [1.54, 1.807) is 42.5 Å². The van der Waals surface area contributed by atoms with Crippen molar-refractivity contribution in [2.24, 2.45) is 0 Å². The number of para-hydroxylation sites is 1. The highest BCUT2D eigenvalue weighted by atomic mass is 79.9. The van der Waals surface area contributed by atoms with Crippen LogP contribution in [0, 0.1) is 6.92 Å². The normalized spacial score (nSPS) is 15.4. The molecule has 0 bridgehead atoms. The predicted octanol–water partition coefficient (Wildman–Crippen LogP) is 4.03. The zero-order valence-electron chi connectivity index (χ0n) is 15.5. The Labute approximate surface area is 175 Å². The Morgan fingerprint density at radius 3 is 2.66 bits per heavy atom. The van der Waals surface area contributed by atoms with Gasteiger partial charge in [-0.2, -0.15) is 0 Å². The second-order valence-electron chi connectivity index (χ2n) is 6.55. The van der Waals surface area contributed by atoms with Crippen LogP contribution in [0.2, 0.25) is 0 Å². The van der Waals surface area contributed by atoms with Crippen molar-refractivity contribution in [2.45, 2.75) is 13.1 Å². The van der Waals surface area contributed by atoms with E-state index in [-0.39, 0.29) is 12.5 Å². The van der Waals surface area contributed by atoms with Gasteiger partial charge in [0.15, 0.2) is 17.4 Å². The Morgan fingerprint density at radius 2 is 1.93 bits per heavy atom. The molecule has 2 heterocycles. The SMILES string of the molecule is Cc1ccc(OCC(=O)NN2C(=O)c3ccccc3NC2c2ccc(Br)o2)cc1. The molecule has 7 nitrogen and oxygen atoms in total. The number of benzene rings is 2. The molecular formula is C21H18BrN3O4. The number of carbonyl (C=O) groups is 2. The molecule has 0 spiro atoms. The lowest BCUT2D eigenvalue weighted by molar-refractivity contribution is -0.127. The quantitative estimate of drug-likeness (QED) is 0.606. The standard InChI is InChI=1S/C21H18BrN3O4/c1-13-6-8-14(9-7-13)28-12-19(26)24-25-20(17-10-11-18(22)29-17)23-16-5-3-2-4-15(16)21(25)27/h2-11,20,23H,12H2,1H3,(H,24,26). The number of hydrogen-bond donors (Lipinski definition) is 2. The minimum atomic E-state index is -0.702. The molecule has 2 N–H and O–H groups in total. The number of hydrazine groups is 1. The van der Waals surface area contributed by atoms with Gasteiger partial charge in [-0.05, 0) is 59.3 Å². The van der Waals surface area contributed by atoms with E-state index in [9.17, 15) is 9.59 Å². The Bertz CT molecular complexity index is 1050. The predicted molar refractivity (Wildman–Crippen MR) is 110 cm³/mol. The van der Waals surface area contributed by atoms with Crippen LogP contribution in [0.25, 0.3) is 0 Å². The van der Waals surface area contributed by atoms with E-state index in [4.69, 9.17) is 9.15 Å². The van der Waals surface area contributed by atoms with Crippen LogP contribution >= 0.6 is 15.9 Å². The number of aryl methyl sites for hydroxylation is 1. The highest BCUT2D eigenvalue weighted by Crippen LogP contribution is 2.33. The van der Waals surface area contributed by atoms with Gasteiger partial charge in [0.2, 0.25) is 0 Å². The largest absolute Gasteiger partial charge is 0.484 e. The second kappa shape index (κ2) is 8.00. The molecule has 1 aliphatic heterocycles. The summed E-state index contributed by atoms with van der Waals surface area (Å²) < 4.78 is 11.7. The third-order valence-corrected chi connectivity index (χ3v) is 4.85. The third-order valence-electron chi connectivity index (χ3n) is 4.43. The maximum atomic E-state index is 13.0. The maximum absolute atomic E-state index is 13.0. The number of nitrogens with one attached hydrogen (secondary N) is 2. The van der Waals surface area contributed by atoms with Crippen LogP contribution in [0.3, 0.4) is 0 Å². The summed E-state index contributed by atoms with van der Waals surface area (Å²) in [7, 11) is 0. The number of rotatable bonds is 5. The van der Waals surface area contributed by atoms with Gasteiger partial charge < -0.3 is 14.5 Å². The lowest BCUT2D eigenvalue weighted by Gasteiger charge is -2.36. The summed E-state index contributed by atoms with van der Waals surface area (Å²) in [6.45, 7) is 1.74. The fourth-order valence-electron chi connectivity index (χ4n) is 2.99. The molecule has 1 unspecified atom stereocenters. The van der Waals surface area contributed by atoms with Gasteiger partial charge in [0, 0.05) is 5.69 Å². The zero-order chi connectivity index (χ0) is 20.4. The Hall–Kier alpha value is -3.26. The fourth-order valence-corrected chi connectivity index (χ4v) is 3.31. The summed E-state index contributed by atoms with van der Waals surface area (Å²) in [5.41, 5.74) is 4.84. The van der Waals surface area contributed by atoms with Gasteiger partial charge in [0.1, 0.15) is 11.5 Å². The van der Waals surface area contributed by atoms with Crippen LogP contribution in [0.4, 0.5) is 5.69 Å². The molecule has 0 saturated heterocycles. The first-order chi connectivity index (χ1) is 14.0. The average Bonchev–Trinajstić information content (AvgIpc) is 3.16. The minimum absolute atomic E-state index is 0.233. The Balaban J connectivity index is 1.53. The zero-order valence-corrected chi connectivity index (χ0v) is 17.1. The summed E-state index contributed by atoms with van der Waals surface area (Å²) in [4.78, 5) is 25.5. The van der Waals surface area contributed by atoms with E-state index < -0.39 is 12.1 Å². The van der Waals surface area contributed by atoms with Crippen LogP contribution < -0.4 is 15.5 Å². The number of hydrogen-bond acceptors (Lipinski definition) is 5.